The Morgan fingerprint density at radius 3 is 2.72 bits per heavy atom. The van der Waals surface area contributed by atoms with Crippen LogP contribution in [0.5, 0.6) is 0 Å². The minimum absolute atomic E-state index is 0.916. The van der Waals surface area contributed by atoms with E-state index in [-0.39, 0.29) is 0 Å². The fourth-order valence-corrected chi connectivity index (χ4v) is 3.80. The van der Waals surface area contributed by atoms with Crippen LogP contribution in [0.25, 0.3) is 0 Å². The molecule has 0 spiro atoms. The van der Waals surface area contributed by atoms with Crippen molar-refractivity contribution in [3.8, 4) is 0 Å². The molecule has 3 nitrogen and oxygen atoms in total. The standard InChI is InChI=1S/C21H19N3S/c1-15-11-20(9-10-22-15)25-14-19-13-16-12-18(7-8-21(16)24-19)23-17-5-3-2-4-6-17/h2-12,23H,13-14H2,1H3. The molecule has 1 aromatic heterocycles. The van der Waals surface area contributed by atoms with Gasteiger partial charge in [-0.1, -0.05) is 18.2 Å². The summed E-state index contributed by atoms with van der Waals surface area (Å²) in [6, 6.07) is 20.8. The molecule has 0 unspecified atom stereocenters. The van der Waals surface area contributed by atoms with E-state index in [2.05, 4.69) is 52.8 Å². The summed E-state index contributed by atoms with van der Waals surface area (Å²) >= 11 is 1.82. The summed E-state index contributed by atoms with van der Waals surface area (Å²) in [5, 5.41) is 3.45. The molecule has 0 saturated carbocycles. The Bertz CT molecular complexity index is 919. The Morgan fingerprint density at radius 2 is 1.88 bits per heavy atom. The van der Waals surface area contributed by atoms with Crippen LogP contribution in [0, 0.1) is 6.92 Å². The number of aromatic nitrogens is 1. The van der Waals surface area contributed by atoms with E-state index in [1.807, 2.05) is 43.1 Å². The van der Waals surface area contributed by atoms with Gasteiger partial charge in [0.1, 0.15) is 0 Å². The van der Waals surface area contributed by atoms with Crippen molar-refractivity contribution in [3.63, 3.8) is 0 Å². The number of hydrogen-bond acceptors (Lipinski definition) is 4. The van der Waals surface area contributed by atoms with Crippen LogP contribution in [-0.2, 0) is 6.42 Å². The predicted octanol–water partition coefficient (Wildman–Crippen LogP) is 5.55. The molecule has 124 valence electrons. The summed E-state index contributed by atoms with van der Waals surface area (Å²) in [5.74, 6) is 0.916. The summed E-state index contributed by atoms with van der Waals surface area (Å²) in [7, 11) is 0. The molecule has 25 heavy (non-hydrogen) atoms. The van der Waals surface area contributed by atoms with E-state index in [1.54, 1.807) is 0 Å². The second-order valence-electron chi connectivity index (χ2n) is 6.11. The summed E-state index contributed by atoms with van der Waals surface area (Å²) in [6.07, 6.45) is 2.79. The van der Waals surface area contributed by atoms with Gasteiger partial charge in [0.25, 0.3) is 0 Å². The molecule has 0 radical (unpaired) electrons. The van der Waals surface area contributed by atoms with Crippen molar-refractivity contribution in [2.75, 3.05) is 11.1 Å². The third-order valence-electron chi connectivity index (χ3n) is 4.09. The van der Waals surface area contributed by atoms with Crippen molar-refractivity contribution < 1.29 is 0 Å². The van der Waals surface area contributed by atoms with Gasteiger partial charge < -0.3 is 5.32 Å². The van der Waals surface area contributed by atoms with E-state index in [4.69, 9.17) is 4.99 Å². The zero-order chi connectivity index (χ0) is 17.1. The molecule has 2 heterocycles. The lowest BCUT2D eigenvalue weighted by Crippen LogP contribution is -2.01. The molecule has 4 heteroatoms. The van der Waals surface area contributed by atoms with Crippen LogP contribution >= 0.6 is 11.8 Å². The average Bonchev–Trinajstić information content (AvgIpc) is 3.03. The van der Waals surface area contributed by atoms with Crippen molar-refractivity contribution in [1.82, 2.24) is 4.98 Å². The molecule has 0 aliphatic carbocycles. The molecular formula is C21H19N3S. The van der Waals surface area contributed by atoms with Crippen molar-refractivity contribution in [2.24, 2.45) is 4.99 Å². The SMILES string of the molecule is Cc1cc(SCC2=Nc3ccc(Nc4ccccc4)cc3C2)ccn1. The van der Waals surface area contributed by atoms with E-state index in [9.17, 15) is 0 Å². The molecule has 1 aliphatic heterocycles. The van der Waals surface area contributed by atoms with Crippen LogP contribution in [0.4, 0.5) is 17.1 Å². The number of aliphatic imine (C=N–C) groups is 1. The number of aryl methyl sites for hydroxylation is 1. The monoisotopic (exact) mass is 345 g/mol. The van der Waals surface area contributed by atoms with Crippen molar-refractivity contribution >= 4 is 34.5 Å². The highest BCUT2D eigenvalue weighted by molar-refractivity contribution is 8.00. The molecule has 0 fully saturated rings. The van der Waals surface area contributed by atoms with Gasteiger partial charge in [0.15, 0.2) is 0 Å². The third-order valence-corrected chi connectivity index (χ3v) is 5.15. The van der Waals surface area contributed by atoms with Gasteiger partial charge in [0.2, 0.25) is 0 Å². The van der Waals surface area contributed by atoms with Gasteiger partial charge in [-0.15, -0.1) is 11.8 Å². The summed E-state index contributed by atoms with van der Waals surface area (Å²) in [6.45, 7) is 2.02. The normalized spacial score (nSPS) is 12.6. The minimum Gasteiger partial charge on any atom is -0.356 e. The van der Waals surface area contributed by atoms with E-state index >= 15 is 0 Å². The first-order valence-corrected chi connectivity index (χ1v) is 9.32. The average molecular weight is 345 g/mol. The van der Waals surface area contributed by atoms with Crippen LogP contribution < -0.4 is 5.32 Å². The second kappa shape index (κ2) is 7.11. The minimum atomic E-state index is 0.916. The Labute approximate surface area is 152 Å². The Hall–Kier alpha value is -2.59. The zero-order valence-electron chi connectivity index (χ0n) is 14.1. The number of nitrogens with zero attached hydrogens (tertiary/aromatic N) is 2. The highest BCUT2D eigenvalue weighted by atomic mass is 32.2. The number of benzene rings is 2. The van der Waals surface area contributed by atoms with Gasteiger partial charge in [-0.3, -0.25) is 9.98 Å². The number of fused-ring (bicyclic) bond motifs is 1. The largest absolute Gasteiger partial charge is 0.356 e. The maximum absolute atomic E-state index is 4.79. The number of rotatable bonds is 5. The van der Waals surface area contributed by atoms with Crippen molar-refractivity contribution in [2.45, 2.75) is 18.2 Å². The van der Waals surface area contributed by atoms with E-state index in [0.717, 1.165) is 34.9 Å². The van der Waals surface area contributed by atoms with Crippen molar-refractivity contribution in [1.29, 1.82) is 0 Å². The third kappa shape index (κ3) is 3.91. The molecule has 4 rings (SSSR count). The fraction of sp³-hybridized carbons (Fsp3) is 0.143. The fourth-order valence-electron chi connectivity index (χ4n) is 2.89. The maximum Gasteiger partial charge on any atom is 0.0666 e. The van der Waals surface area contributed by atoms with Gasteiger partial charge in [-0.2, -0.15) is 0 Å². The Morgan fingerprint density at radius 1 is 1.00 bits per heavy atom. The van der Waals surface area contributed by atoms with Gasteiger partial charge in [-0.05, 0) is 55.0 Å². The summed E-state index contributed by atoms with van der Waals surface area (Å²) in [4.78, 5) is 10.3. The van der Waals surface area contributed by atoms with Crippen LogP contribution in [0.3, 0.4) is 0 Å². The first-order chi connectivity index (χ1) is 12.3. The number of anilines is 2. The summed E-state index contributed by atoms with van der Waals surface area (Å²) < 4.78 is 0. The molecule has 0 saturated heterocycles. The number of thioether (sulfide) groups is 1. The highest BCUT2D eigenvalue weighted by Crippen LogP contribution is 2.32. The lowest BCUT2D eigenvalue weighted by atomic mass is 10.1. The number of nitrogens with one attached hydrogen (secondary N) is 1. The van der Waals surface area contributed by atoms with Gasteiger partial charge >= 0.3 is 0 Å². The first kappa shape index (κ1) is 15.9. The van der Waals surface area contributed by atoms with Gasteiger partial charge in [-0.25, -0.2) is 0 Å². The molecule has 0 atom stereocenters. The number of pyridine rings is 1. The smallest absolute Gasteiger partial charge is 0.0666 e. The van der Waals surface area contributed by atoms with E-state index in [1.165, 1.54) is 16.2 Å². The topological polar surface area (TPSA) is 37.3 Å². The first-order valence-electron chi connectivity index (χ1n) is 8.33. The number of para-hydroxylation sites is 1. The summed E-state index contributed by atoms with van der Waals surface area (Å²) in [5.41, 5.74) is 6.89. The van der Waals surface area contributed by atoms with E-state index < -0.39 is 0 Å². The molecule has 0 bridgehead atoms. The van der Waals surface area contributed by atoms with Crippen LogP contribution in [0.2, 0.25) is 0 Å². The molecule has 2 aromatic carbocycles. The van der Waals surface area contributed by atoms with Gasteiger partial charge in [0, 0.05) is 46.0 Å². The number of hydrogen-bond donors (Lipinski definition) is 1. The highest BCUT2D eigenvalue weighted by Gasteiger charge is 2.15. The molecule has 3 aromatic rings. The quantitative estimate of drug-likeness (QED) is 0.616. The van der Waals surface area contributed by atoms with Crippen molar-refractivity contribution in [3.05, 3.63) is 78.1 Å². The maximum atomic E-state index is 4.79. The Kier molecular flexibility index (Phi) is 4.53. The van der Waals surface area contributed by atoms with Gasteiger partial charge in [0.05, 0.1) is 5.69 Å². The van der Waals surface area contributed by atoms with E-state index in [0.29, 0.717) is 0 Å². The van der Waals surface area contributed by atoms with Crippen LogP contribution in [0.1, 0.15) is 11.3 Å². The lowest BCUT2D eigenvalue weighted by molar-refractivity contribution is 1.16. The Balaban J connectivity index is 1.41. The molecular weight excluding hydrogens is 326 g/mol. The molecule has 0 amide bonds. The van der Waals surface area contributed by atoms with Crippen LogP contribution in [0.15, 0.2) is 76.7 Å². The van der Waals surface area contributed by atoms with Crippen LogP contribution in [-0.4, -0.2) is 16.4 Å². The second-order valence-corrected chi connectivity index (χ2v) is 7.16. The molecule has 1 aliphatic rings. The zero-order valence-corrected chi connectivity index (χ0v) is 14.9. The lowest BCUT2D eigenvalue weighted by Gasteiger charge is -2.07. The predicted molar refractivity (Wildman–Crippen MR) is 107 cm³/mol. The molecule has 1 N–H and O–H groups in total.